The third kappa shape index (κ3) is 1.43. The fourth-order valence-corrected chi connectivity index (χ4v) is 1.43. The van der Waals surface area contributed by atoms with Crippen LogP contribution in [0.1, 0.15) is 0 Å². The Morgan fingerprint density at radius 2 is 2.06 bits per heavy atom. The van der Waals surface area contributed by atoms with Crippen LogP contribution in [0.5, 0.6) is 0 Å². The normalized spacial score (nSPS) is 11.9. The Labute approximate surface area is 96.1 Å². The first-order valence-corrected chi connectivity index (χ1v) is 4.42. The van der Waals surface area contributed by atoms with Gasteiger partial charge in [0.25, 0.3) is 11.2 Å². The molecule has 94 valence electrons. The van der Waals surface area contributed by atoms with Crippen LogP contribution in [0.2, 0.25) is 0 Å². The number of aromatic nitrogens is 4. The van der Waals surface area contributed by atoms with Crippen LogP contribution >= 0.6 is 0 Å². The zero-order chi connectivity index (χ0) is 13.4. The highest BCUT2D eigenvalue weighted by molar-refractivity contribution is 5.68. The Balaban J connectivity index is 3.09. The molecular formula is C6H5N7O5. The van der Waals surface area contributed by atoms with Gasteiger partial charge in [-0.2, -0.15) is 0 Å². The molecule has 0 atom stereocenters. The lowest BCUT2D eigenvalue weighted by molar-refractivity contribution is -0.543. The molecule has 2 rings (SSSR count). The molecule has 0 saturated heterocycles. The summed E-state index contributed by atoms with van der Waals surface area (Å²) in [4.78, 5) is 42.2. The molecule has 2 aromatic rings. The van der Waals surface area contributed by atoms with Crippen LogP contribution in [0.15, 0.2) is 16.1 Å². The third-order valence-electron chi connectivity index (χ3n) is 2.12. The Morgan fingerprint density at radius 1 is 1.39 bits per heavy atom. The Morgan fingerprint density at radius 3 is 2.56 bits per heavy atom. The SMILES string of the molecule is CN=c1[nH]c(=O)c2c(ncn2[N+](=O)[O-])n1[N+](=O)[O-]. The number of nitrogens with one attached hydrogen (secondary N) is 1. The lowest BCUT2D eigenvalue weighted by atomic mass is 10.5. The standard InChI is InChI=1S/C6H5N7O5/c1-7-6-9-5(14)3-4(11(6)13(17)18)8-2-10(3)12(15)16/h2H,1H3,(H,7,9,14). The van der Waals surface area contributed by atoms with Gasteiger partial charge in [-0.05, 0) is 9.35 Å². The van der Waals surface area contributed by atoms with E-state index in [-0.39, 0.29) is 5.62 Å². The smallest absolute Gasteiger partial charge is 0.285 e. The molecule has 2 heterocycles. The number of rotatable bonds is 2. The van der Waals surface area contributed by atoms with Gasteiger partial charge in [0.05, 0.1) is 0 Å². The number of hydrogen-bond acceptors (Lipinski definition) is 7. The number of nitrogens with zero attached hydrogens (tertiary/aromatic N) is 6. The van der Waals surface area contributed by atoms with Gasteiger partial charge in [-0.1, -0.05) is 0 Å². The molecule has 0 spiro atoms. The van der Waals surface area contributed by atoms with Crippen molar-refractivity contribution in [2.45, 2.75) is 0 Å². The molecule has 1 N–H and O–H groups in total. The molecule has 18 heavy (non-hydrogen) atoms. The average molecular weight is 255 g/mol. The second-order valence-corrected chi connectivity index (χ2v) is 3.05. The molecule has 2 aromatic heterocycles. The largest absolute Gasteiger partial charge is 0.286 e. The minimum atomic E-state index is -0.919. The summed E-state index contributed by atoms with van der Waals surface area (Å²) in [6.45, 7) is 0. The van der Waals surface area contributed by atoms with Crippen molar-refractivity contribution in [3.05, 3.63) is 42.5 Å². The molecule has 0 aromatic carbocycles. The summed E-state index contributed by atoms with van der Waals surface area (Å²) in [5, 5.41) is 19.7. The van der Waals surface area contributed by atoms with E-state index >= 15 is 0 Å². The second kappa shape index (κ2) is 3.76. The zero-order valence-electron chi connectivity index (χ0n) is 8.80. The van der Waals surface area contributed by atoms with Crippen LogP contribution in [-0.2, 0) is 0 Å². The van der Waals surface area contributed by atoms with Gasteiger partial charge in [0.15, 0.2) is 16.4 Å². The molecule has 12 nitrogen and oxygen atoms in total. The van der Waals surface area contributed by atoms with Crippen LogP contribution < -0.4 is 11.2 Å². The quantitative estimate of drug-likeness (QED) is 0.489. The lowest BCUT2D eigenvalue weighted by Crippen LogP contribution is -2.36. The highest BCUT2D eigenvalue weighted by Crippen LogP contribution is 2.04. The van der Waals surface area contributed by atoms with E-state index in [9.17, 15) is 25.0 Å². The Kier molecular flexibility index (Phi) is 2.39. The summed E-state index contributed by atoms with van der Waals surface area (Å²) in [6.07, 6.45) is 0.708. The van der Waals surface area contributed by atoms with Crippen LogP contribution in [-0.4, -0.2) is 36.4 Å². The monoisotopic (exact) mass is 255 g/mol. The van der Waals surface area contributed by atoms with E-state index < -0.39 is 26.8 Å². The molecule has 0 aliphatic carbocycles. The summed E-state index contributed by atoms with van der Waals surface area (Å²) >= 11 is 0. The molecule has 0 bridgehead atoms. The highest BCUT2D eigenvalue weighted by Gasteiger charge is 2.23. The first-order chi connectivity index (χ1) is 8.47. The maximum absolute atomic E-state index is 11.6. The van der Waals surface area contributed by atoms with E-state index in [1.165, 1.54) is 7.05 Å². The van der Waals surface area contributed by atoms with Crippen LogP contribution in [0.25, 0.3) is 11.2 Å². The van der Waals surface area contributed by atoms with Crippen LogP contribution in [0.4, 0.5) is 0 Å². The van der Waals surface area contributed by atoms with E-state index in [1.807, 2.05) is 0 Å². The molecule has 0 unspecified atom stereocenters. The van der Waals surface area contributed by atoms with Crippen molar-refractivity contribution < 1.29 is 10.1 Å². The van der Waals surface area contributed by atoms with Crippen molar-refractivity contribution >= 4 is 11.2 Å². The van der Waals surface area contributed by atoms with Gasteiger partial charge in [-0.25, -0.2) is 25.2 Å². The van der Waals surface area contributed by atoms with Crippen molar-refractivity contribution in [2.24, 2.45) is 4.99 Å². The van der Waals surface area contributed by atoms with Crippen LogP contribution in [0, 0.1) is 20.2 Å². The topological polar surface area (TPSA) is 154 Å². The molecule has 0 amide bonds. The number of imidazole rings is 1. The number of H-pyrrole nitrogens is 1. The Bertz CT molecular complexity index is 780. The summed E-state index contributed by atoms with van der Waals surface area (Å²) < 4.78 is 0.657. The molecular weight excluding hydrogens is 250 g/mol. The third-order valence-corrected chi connectivity index (χ3v) is 2.12. The average Bonchev–Trinajstić information content (AvgIpc) is 2.72. The molecule has 0 fully saturated rings. The van der Waals surface area contributed by atoms with Crippen molar-refractivity contribution in [3.63, 3.8) is 0 Å². The maximum Gasteiger partial charge on any atom is 0.285 e. The summed E-state index contributed by atoms with van der Waals surface area (Å²) in [5.41, 5.74) is -2.26. The van der Waals surface area contributed by atoms with Gasteiger partial charge in [-0.15, -0.1) is 0 Å². The van der Waals surface area contributed by atoms with Crippen molar-refractivity contribution in [1.29, 1.82) is 0 Å². The fraction of sp³-hybridized carbons (Fsp3) is 0.167. The van der Waals surface area contributed by atoms with Gasteiger partial charge in [0.1, 0.15) is 0 Å². The number of hydrogen-bond donors (Lipinski definition) is 1. The second-order valence-electron chi connectivity index (χ2n) is 3.05. The summed E-state index contributed by atoms with van der Waals surface area (Å²) in [6, 6.07) is 0. The molecule has 0 saturated carbocycles. The number of fused-ring (bicyclic) bond motifs is 1. The van der Waals surface area contributed by atoms with E-state index in [0.717, 1.165) is 0 Å². The van der Waals surface area contributed by atoms with Gasteiger partial charge >= 0.3 is 0 Å². The fourth-order valence-electron chi connectivity index (χ4n) is 1.43. The van der Waals surface area contributed by atoms with E-state index in [4.69, 9.17) is 0 Å². The van der Waals surface area contributed by atoms with Crippen LogP contribution in [0.3, 0.4) is 0 Å². The van der Waals surface area contributed by atoms with Crippen molar-refractivity contribution in [2.75, 3.05) is 7.05 Å². The van der Waals surface area contributed by atoms with E-state index in [2.05, 4.69) is 15.0 Å². The predicted octanol–water partition coefficient (Wildman–Crippen LogP) is -1.86. The number of nitro groups is 2. The maximum atomic E-state index is 11.6. The number of aromatic amines is 1. The molecule has 12 heteroatoms. The molecule has 0 aliphatic rings. The summed E-state index contributed by atoms with van der Waals surface area (Å²) in [5.74, 6) is 0. The minimum Gasteiger partial charge on any atom is -0.286 e. The first kappa shape index (κ1) is 11.4. The highest BCUT2D eigenvalue weighted by atomic mass is 16.7. The molecule has 0 radical (unpaired) electrons. The first-order valence-electron chi connectivity index (χ1n) is 4.42. The van der Waals surface area contributed by atoms with E-state index in [0.29, 0.717) is 15.7 Å². The van der Waals surface area contributed by atoms with E-state index in [1.54, 1.807) is 0 Å². The predicted molar refractivity (Wildman–Crippen MR) is 54.6 cm³/mol. The lowest BCUT2D eigenvalue weighted by Gasteiger charge is -1.97. The van der Waals surface area contributed by atoms with Gasteiger partial charge in [0, 0.05) is 7.05 Å². The van der Waals surface area contributed by atoms with Crippen molar-refractivity contribution in [1.82, 2.24) is 19.3 Å². The Hall–Kier alpha value is -3.05. The van der Waals surface area contributed by atoms with Gasteiger partial charge in [-0.3, -0.25) is 14.8 Å². The molecule has 0 aliphatic heterocycles. The van der Waals surface area contributed by atoms with Gasteiger partial charge < -0.3 is 0 Å². The minimum absolute atomic E-state index is 0.299. The summed E-state index contributed by atoms with van der Waals surface area (Å²) in [7, 11) is 1.22. The van der Waals surface area contributed by atoms with Gasteiger partial charge in [0.2, 0.25) is 11.2 Å². The zero-order valence-corrected chi connectivity index (χ0v) is 8.80. The van der Waals surface area contributed by atoms with Crippen molar-refractivity contribution in [3.8, 4) is 0 Å².